The van der Waals surface area contributed by atoms with Crippen molar-refractivity contribution in [2.24, 2.45) is 0 Å². The fourth-order valence-electron chi connectivity index (χ4n) is 2.71. The Morgan fingerprint density at radius 1 is 1.27 bits per heavy atom. The molecule has 1 N–H and O–H groups in total. The highest BCUT2D eigenvalue weighted by molar-refractivity contribution is 6.31. The van der Waals surface area contributed by atoms with Crippen molar-refractivity contribution in [2.45, 2.75) is 6.54 Å². The Bertz CT molecular complexity index is 632. The van der Waals surface area contributed by atoms with Crippen molar-refractivity contribution in [1.29, 1.82) is 0 Å². The number of nitrogens with one attached hydrogen (secondary N) is 1. The number of nitrogens with zero attached hydrogens (tertiary/aromatic N) is 1. The van der Waals surface area contributed by atoms with Gasteiger partial charge in [0.15, 0.2) is 5.76 Å². The molecule has 1 aliphatic heterocycles. The van der Waals surface area contributed by atoms with Crippen LogP contribution in [-0.2, 0) is 6.54 Å². The minimum Gasteiger partial charge on any atom is -0.459 e. The van der Waals surface area contributed by atoms with Crippen molar-refractivity contribution in [2.75, 3.05) is 26.2 Å². The van der Waals surface area contributed by atoms with Crippen LogP contribution < -0.4 is 4.90 Å². The maximum Gasteiger partial charge on any atom is 0.289 e. The van der Waals surface area contributed by atoms with E-state index < -0.39 is 0 Å². The quantitative estimate of drug-likeness (QED) is 0.932. The second kappa shape index (κ2) is 6.50. The predicted octanol–water partition coefficient (Wildman–Crippen LogP) is 1.61. The van der Waals surface area contributed by atoms with Gasteiger partial charge in [0.25, 0.3) is 5.91 Å². The first-order valence-corrected chi connectivity index (χ1v) is 7.62. The third kappa shape index (κ3) is 3.15. The van der Waals surface area contributed by atoms with E-state index >= 15 is 0 Å². The molecule has 6 heteroatoms. The summed E-state index contributed by atoms with van der Waals surface area (Å²) in [5, 5.41) is 0.460. The number of halogens is 2. The highest BCUT2D eigenvalue weighted by Gasteiger charge is 2.26. The van der Waals surface area contributed by atoms with Crippen molar-refractivity contribution in [3.05, 3.63) is 58.8 Å². The van der Waals surface area contributed by atoms with Crippen LogP contribution in [0.25, 0.3) is 0 Å². The van der Waals surface area contributed by atoms with Crippen LogP contribution in [0, 0.1) is 5.82 Å². The van der Waals surface area contributed by atoms with Gasteiger partial charge in [0.05, 0.1) is 43.0 Å². The van der Waals surface area contributed by atoms with Gasteiger partial charge >= 0.3 is 0 Å². The number of rotatable bonds is 3. The lowest BCUT2D eigenvalue weighted by atomic mass is 10.2. The Kier molecular flexibility index (Phi) is 4.45. The number of amides is 1. The minimum atomic E-state index is -0.269. The number of carbonyl (C=O) groups excluding carboxylic acids is 1. The molecule has 2 aromatic rings. The minimum absolute atomic E-state index is 0.0898. The molecule has 1 saturated heterocycles. The van der Waals surface area contributed by atoms with E-state index in [1.807, 2.05) is 0 Å². The van der Waals surface area contributed by atoms with Crippen molar-refractivity contribution in [3.63, 3.8) is 0 Å². The van der Waals surface area contributed by atoms with Crippen molar-refractivity contribution in [1.82, 2.24) is 4.90 Å². The van der Waals surface area contributed by atoms with Gasteiger partial charge in [0.1, 0.15) is 12.4 Å². The molecule has 0 spiro atoms. The third-order valence-electron chi connectivity index (χ3n) is 3.98. The lowest BCUT2D eigenvalue weighted by Crippen LogP contribution is -3.13. The predicted molar refractivity (Wildman–Crippen MR) is 80.4 cm³/mol. The number of hydrogen-bond donors (Lipinski definition) is 1. The Hall–Kier alpha value is -1.85. The van der Waals surface area contributed by atoms with Crippen LogP contribution in [0.1, 0.15) is 16.1 Å². The molecule has 0 bridgehead atoms. The number of hydrogen-bond acceptors (Lipinski definition) is 2. The van der Waals surface area contributed by atoms with Gasteiger partial charge in [-0.2, -0.15) is 0 Å². The van der Waals surface area contributed by atoms with E-state index in [0.717, 1.165) is 13.1 Å². The number of furan rings is 1. The molecule has 0 aliphatic carbocycles. The molecule has 1 aliphatic rings. The standard InChI is InChI=1S/C16H16ClFN2O2/c17-13-3-1-4-14(18)12(13)11-19-6-8-20(9-7-19)16(21)15-5-2-10-22-15/h1-5,10H,6-9,11H2/p+1. The van der Waals surface area contributed by atoms with E-state index in [-0.39, 0.29) is 11.7 Å². The largest absolute Gasteiger partial charge is 0.459 e. The highest BCUT2D eigenvalue weighted by atomic mass is 35.5. The molecule has 116 valence electrons. The van der Waals surface area contributed by atoms with E-state index in [0.29, 0.717) is 36.0 Å². The summed E-state index contributed by atoms with van der Waals surface area (Å²) in [5.41, 5.74) is 0.546. The van der Waals surface area contributed by atoms with Crippen LogP contribution in [0.5, 0.6) is 0 Å². The molecular formula is C16H17ClFN2O2+. The van der Waals surface area contributed by atoms with Crippen molar-refractivity contribution < 1.29 is 18.5 Å². The van der Waals surface area contributed by atoms with Gasteiger partial charge in [-0.3, -0.25) is 4.79 Å². The summed E-state index contributed by atoms with van der Waals surface area (Å²) in [6.45, 7) is 3.31. The molecule has 22 heavy (non-hydrogen) atoms. The van der Waals surface area contributed by atoms with Gasteiger partial charge in [-0.15, -0.1) is 0 Å². The number of carbonyl (C=O) groups is 1. The highest BCUT2D eigenvalue weighted by Crippen LogP contribution is 2.17. The van der Waals surface area contributed by atoms with Crippen LogP contribution >= 0.6 is 11.6 Å². The molecule has 0 radical (unpaired) electrons. The van der Waals surface area contributed by atoms with Crippen LogP contribution in [0.2, 0.25) is 5.02 Å². The van der Waals surface area contributed by atoms with Gasteiger partial charge in [-0.1, -0.05) is 17.7 Å². The van der Waals surface area contributed by atoms with E-state index in [1.165, 1.54) is 17.2 Å². The summed E-state index contributed by atoms with van der Waals surface area (Å²) >= 11 is 6.07. The Morgan fingerprint density at radius 3 is 2.68 bits per heavy atom. The molecule has 0 atom stereocenters. The first-order chi connectivity index (χ1) is 10.6. The zero-order valence-corrected chi connectivity index (χ0v) is 12.8. The maximum absolute atomic E-state index is 13.8. The summed E-state index contributed by atoms with van der Waals surface area (Å²) in [7, 11) is 0. The van der Waals surface area contributed by atoms with Crippen LogP contribution in [0.4, 0.5) is 4.39 Å². The third-order valence-corrected chi connectivity index (χ3v) is 4.33. The van der Waals surface area contributed by atoms with E-state index in [4.69, 9.17) is 16.0 Å². The van der Waals surface area contributed by atoms with E-state index in [1.54, 1.807) is 29.2 Å². The van der Waals surface area contributed by atoms with E-state index in [2.05, 4.69) is 0 Å². The average Bonchev–Trinajstić information content (AvgIpc) is 3.05. The lowest BCUT2D eigenvalue weighted by Gasteiger charge is -2.32. The monoisotopic (exact) mass is 323 g/mol. The summed E-state index contributed by atoms with van der Waals surface area (Å²) in [5.74, 6) is 0.00247. The van der Waals surface area contributed by atoms with Gasteiger partial charge in [-0.25, -0.2) is 4.39 Å². The molecule has 0 unspecified atom stereocenters. The summed E-state index contributed by atoms with van der Waals surface area (Å²) in [6.07, 6.45) is 1.49. The van der Waals surface area contributed by atoms with Crippen LogP contribution in [0.15, 0.2) is 41.0 Å². The van der Waals surface area contributed by atoms with Crippen molar-refractivity contribution in [3.8, 4) is 0 Å². The normalized spacial score (nSPS) is 16.0. The molecule has 1 aromatic carbocycles. The average molecular weight is 324 g/mol. The number of piperazine rings is 1. The zero-order chi connectivity index (χ0) is 15.5. The molecule has 1 fully saturated rings. The van der Waals surface area contributed by atoms with Crippen LogP contribution in [0.3, 0.4) is 0 Å². The zero-order valence-electron chi connectivity index (χ0n) is 12.0. The fraction of sp³-hybridized carbons (Fsp3) is 0.312. The molecule has 1 amide bonds. The van der Waals surface area contributed by atoms with Gasteiger partial charge in [0, 0.05) is 0 Å². The number of quaternary nitrogens is 1. The molecule has 0 saturated carbocycles. The SMILES string of the molecule is O=C(c1ccco1)N1CC[NH+](Cc2c(F)cccc2Cl)CC1. The van der Waals surface area contributed by atoms with Crippen LogP contribution in [-0.4, -0.2) is 37.0 Å². The first-order valence-electron chi connectivity index (χ1n) is 7.24. The Balaban J connectivity index is 1.59. The second-order valence-electron chi connectivity index (χ2n) is 5.40. The molecule has 4 nitrogen and oxygen atoms in total. The molecule has 2 heterocycles. The van der Waals surface area contributed by atoms with Gasteiger partial charge in [-0.05, 0) is 24.3 Å². The smallest absolute Gasteiger partial charge is 0.289 e. The lowest BCUT2D eigenvalue weighted by molar-refractivity contribution is -0.917. The fourth-order valence-corrected chi connectivity index (χ4v) is 2.94. The Morgan fingerprint density at radius 2 is 2.05 bits per heavy atom. The second-order valence-corrected chi connectivity index (χ2v) is 5.80. The van der Waals surface area contributed by atoms with E-state index in [9.17, 15) is 9.18 Å². The Labute approximate surface area is 133 Å². The summed E-state index contributed by atoms with van der Waals surface area (Å²) in [4.78, 5) is 15.2. The molecule has 3 rings (SSSR count). The topological polar surface area (TPSA) is 37.9 Å². The van der Waals surface area contributed by atoms with Gasteiger partial charge < -0.3 is 14.2 Å². The molecular weight excluding hydrogens is 307 g/mol. The summed E-state index contributed by atoms with van der Waals surface area (Å²) in [6, 6.07) is 8.11. The van der Waals surface area contributed by atoms with Gasteiger partial charge in [0.2, 0.25) is 0 Å². The number of benzene rings is 1. The summed E-state index contributed by atoms with van der Waals surface area (Å²) < 4.78 is 19.0. The van der Waals surface area contributed by atoms with Crippen molar-refractivity contribution >= 4 is 17.5 Å². The maximum atomic E-state index is 13.8. The molecule has 1 aromatic heterocycles. The first kappa shape index (κ1) is 15.1.